The fourth-order valence-corrected chi connectivity index (χ4v) is 1.83. The first kappa shape index (κ1) is 15.5. The SMILES string of the molecule is CCCCNC(N)=NCC(C)(C)c1ccc(C)cc1. The average Bonchev–Trinajstić information content (AvgIpc) is 2.37. The molecule has 0 aliphatic heterocycles. The summed E-state index contributed by atoms with van der Waals surface area (Å²) in [5.74, 6) is 0.550. The van der Waals surface area contributed by atoms with Crippen LogP contribution in [0.4, 0.5) is 0 Å². The molecule has 0 radical (unpaired) electrons. The molecule has 0 atom stereocenters. The number of nitrogens with one attached hydrogen (secondary N) is 1. The van der Waals surface area contributed by atoms with Crippen LogP contribution >= 0.6 is 0 Å². The Balaban J connectivity index is 2.58. The van der Waals surface area contributed by atoms with E-state index in [1.165, 1.54) is 11.1 Å². The van der Waals surface area contributed by atoms with E-state index >= 15 is 0 Å². The molecule has 3 heteroatoms. The van der Waals surface area contributed by atoms with Crippen LogP contribution in [0, 0.1) is 6.92 Å². The Hall–Kier alpha value is -1.51. The summed E-state index contributed by atoms with van der Waals surface area (Å²) in [4.78, 5) is 4.45. The van der Waals surface area contributed by atoms with Gasteiger partial charge in [0.25, 0.3) is 0 Å². The van der Waals surface area contributed by atoms with Gasteiger partial charge in [-0.3, -0.25) is 4.99 Å². The first-order chi connectivity index (χ1) is 8.95. The predicted octanol–water partition coefficient (Wildman–Crippen LogP) is 2.98. The average molecular weight is 261 g/mol. The molecule has 0 amide bonds. The highest BCUT2D eigenvalue weighted by atomic mass is 15.1. The van der Waals surface area contributed by atoms with Crippen molar-refractivity contribution in [2.45, 2.75) is 46.0 Å². The number of nitrogens with two attached hydrogens (primary N) is 1. The molecule has 0 aliphatic rings. The van der Waals surface area contributed by atoms with Crippen molar-refractivity contribution in [1.82, 2.24) is 5.32 Å². The van der Waals surface area contributed by atoms with Crippen molar-refractivity contribution >= 4 is 5.96 Å². The highest BCUT2D eigenvalue weighted by Crippen LogP contribution is 2.23. The van der Waals surface area contributed by atoms with Gasteiger partial charge in [-0.2, -0.15) is 0 Å². The summed E-state index contributed by atoms with van der Waals surface area (Å²) in [6, 6.07) is 8.63. The first-order valence-corrected chi connectivity index (χ1v) is 7.06. The lowest BCUT2D eigenvalue weighted by Crippen LogP contribution is -2.34. The summed E-state index contributed by atoms with van der Waals surface area (Å²) < 4.78 is 0. The van der Waals surface area contributed by atoms with Crippen LogP contribution in [0.5, 0.6) is 0 Å². The van der Waals surface area contributed by atoms with E-state index in [1.54, 1.807) is 0 Å². The Morgan fingerprint density at radius 3 is 2.47 bits per heavy atom. The van der Waals surface area contributed by atoms with E-state index in [1.807, 2.05) is 0 Å². The number of rotatable bonds is 6. The molecular weight excluding hydrogens is 234 g/mol. The van der Waals surface area contributed by atoms with E-state index in [9.17, 15) is 0 Å². The maximum absolute atomic E-state index is 5.86. The zero-order chi connectivity index (χ0) is 14.3. The van der Waals surface area contributed by atoms with Gasteiger partial charge in [-0.15, -0.1) is 0 Å². The van der Waals surface area contributed by atoms with Crippen LogP contribution < -0.4 is 11.1 Å². The van der Waals surface area contributed by atoms with Gasteiger partial charge >= 0.3 is 0 Å². The Kier molecular flexibility index (Phi) is 5.87. The molecule has 106 valence electrons. The lowest BCUT2D eigenvalue weighted by molar-refractivity contribution is 0.538. The smallest absolute Gasteiger partial charge is 0.188 e. The zero-order valence-corrected chi connectivity index (χ0v) is 12.7. The molecule has 1 rings (SSSR count). The van der Waals surface area contributed by atoms with Gasteiger partial charge in [0.15, 0.2) is 5.96 Å². The van der Waals surface area contributed by atoms with Crippen LogP contribution in [0.15, 0.2) is 29.3 Å². The van der Waals surface area contributed by atoms with Gasteiger partial charge in [-0.1, -0.05) is 57.0 Å². The summed E-state index contributed by atoms with van der Waals surface area (Å²) in [5, 5.41) is 3.14. The lowest BCUT2D eigenvalue weighted by atomic mass is 9.84. The number of benzene rings is 1. The van der Waals surface area contributed by atoms with Crippen LogP contribution in [0.3, 0.4) is 0 Å². The Morgan fingerprint density at radius 2 is 1.89 bits per heavy atom. The summed E-state index contributed by atoms with van der Waals surface area (Å²) >= 11 is 0. The van der Waals surface area contributed by atoms with E-state index in [0.717, 1.165) is 19.4 Å². The van der Waals surface area contributed by atoms with E-state index in [4.69, 9.17) is 5.73 Å². The minimum atomic E-state index is 0.00472. The van der Waals surface area contributed by atoms with Crippen molar-refractivity contribution in [3.05, 3.63) is 35.4 Å². The third-order valence-corrected chi connectivity index (χ3v) is 3.31. The molecule has 0 heterocycles. The van der Waals surface area contributed by atoms with Crippen LogP contribution in [0.2, 0.25) is 0 Å². The summed E-state index contributed by atoms with van der Waals surface area (Å²) in [6.07, 6.45) is 2.28. The Bertz CT molecular complexity index is 405. The molecule has 0 saturated heterocycles. The van der Waals surface area contributed by atoms with Crippen LogP contribution in [-0.4, -0.2) is 19.0 Å². The number of hydrogen-bond acceptors (Lipinski definition) is 1. The van der Waals surface area contributed by atoms with Crippen molar-refractivity contribution in [2.24, 2.45) is 10.7 Å². The Labute approximate surface area is 117 Å². The molecule has 1 aromatic carbocycles. The van der Waals surface area contributed by atoms with Gasteiger partial charge in [-0.25, -0.2) is 0 Å². The molecule has 3 N–H and O–H groups in total. The van der Waals surface area contributed by atoms with Crippen LogP contribution in [-0.2, 0) is 5.41 Å². The van der Waals surface area contributed by atoms with Gasteiger partial charge < -0.3 is 11.1 Å². The van der Waals surface area contributed by atoms with Crippen LogP contribution in [0.1, 0.15) is 44.7 Å². The number of unbranched alkanes of at least 4 members (excludes halogenated alkanes) is 1. The monoisotopic (exact) mass is 261 g/mol. The minimum Gasteiger partial charge on any atom is -0.370 e. The highest BCUT2D eigenvalue weighted by molar-refractivity contribution is 5.77. The van der Waals surface area contributed by atoms with E-state index in [0.29, 0.717) is 12.5 Å². The van der Waals surface area contributed by atoms with E-state index in [-0.39, 0.29) is 5.41 Å². The number of hydrogen-bond donors (Lipinski definition) is 2. The zero-order valence-electron chi connectivity index (χ0n) is 12.7. The molecule has 0 bridgehead atoms. The quantitative estimate of drug-likeness (QED) is 0.470. The normalized spacial score (nSPS) is 12.5. The molecule has 19 heavy (non-hydrogen) atoms. The Morgan fingerprint density at radius 1 is 1.26 bits per heavy atom. The van der Waals surface area contributed by atoms with Crippen molar-refractivity contribution in [2.75, 3.05) is 13.1 Å². The number of guanidine groups is 1. The second kappa shape index (κ2) is 7.17. The van der Waals surface area contributed by atoms with E-state index in [2.05, 4.69) is 62.3 Å². The minimum absolute atomic E-state index is 0.00472. The third kappa shape index (κ3) is 5.33. The molecule has 0 aromatic heterocycles. The fraction of sp³-hybridized carbons (Fsp3) is 0.562. The molecular formula is C16H27N3. The summed E-state index contributed by atoms with van der Waals surface area (Å²) in [5.41, 5.74) is 8.44. The largest absolute Gasteiger partial charge is 0.370 e. The number of aliphatic imine (C=N–C) groups is 1. The van der Waals surface area contributed by atoms with Crippen molar-refractivity contribution < 1.29 is 0 Å². The number of nitrogens with zero attached hydrogens (tertiary/aromatic N) is 1. The molecule has 0 unspecified atom stereocenters. The van der Waals surface area contributed by atoms with Crippen LogP contribution in [0.25, 0.3) is 0 Å². The van der Waals surface area contributed by atoms with E-state index < -0.39 is 0 Å². The standard InChI is InChI=1S/C16H27N3/c1-5-6-11-18-15(17)19-12-16(3,4)14-9-7-13(2)8-10-14/h7-10H,5-6,11-12H2,1-4H3,(H3,17,18,19). The summed E-state index contributed by atoms with van der Waals surface area (Å²) in [7, 11) is 0. The molecule has 0 fully saturated rings. The lowest BCUT2D eigenvalue weighted by Gasteiger charge is -2.23. The van der Waals surface area contributed by atoms with Crippen molar-refractivity contribution in [3.8, 4) is 0 Å². The number of aryl methyl sites for hydroxylation is 1. The first-order valence-electron chi connectivity index (χ1n) is 7.06. The topological polar surface area (TPSA) is 50.4 Å². The summed E-state index contributed by atoms with van der Waals surface area (Å²) in [6.45, 7) is 10.2. The maximum atomic E-state index is 5.86. The highest BCUT2D eigenvalue weighted by Gasteiger charge is 2.19. The van der Waals surface area contributed by atoms with Crippen molar-refractivity contribution in [1.29, 1.82) is 0 Å². The third-order valence-electron chi connectivity index (χ3n) is 3.31. The van der Waals surface area contributed by atoms with Crippen molar-refractivity contribution in [3.63, 3.8) is 0 Å². The molecule has 1 aromatic rings. The van der Waals surface area contributed by atoms with Gasteiger partial charge in [0.05, 0.1) is 6.54 Å². The van der Waals surface area contributed by atoms with Gasteiger partial charge in [0.1, 0.15) is 0 Å². The van der Waals surface area contributed by atoms with Gasteiger partial charge in [-0.05, 0) is 18.9 Å². The molecule has 0 aliphatic carbocycles. The molecule has 0 saturated carbocycles. The van der Waals surface area contributed by atoms with Gasteiger partial charge in [0.2, 0.25) is 0 Å². The van der Waals surface area contributed by atoms with Gasteiger partial charge in [0, 0.05) is 12.0 Å². The fourth-order valence-electron chi connectivity index (χ4n) is 1.83. The molecule has 0 spiro atoms. The second-order valence-corrected chi connectivity index (χ2v) is 5.73. The predicted molar refractivity (Wildman–Crippen MR) is 83.6 cm³/mol. The maximum Gasteiger partial charge on any atom is 0.188 e. The second-order valence-electron chi connectivity index (χ2n) is 5.73. The molecule has 3 nitrogen and oxygen atoms in total.